The predicted molar refractivity (Wildman–Crippen MR) is 69.0 cm³/mol. The van der Waals surface area contributed by atoms with Gasteiger partial charge in [-0.2, -0.15) is 5.10 Å². The summed E-state index contributed by atoms with van der Waals surface area (Å²) < 4.78 is 2.44. The highest BCUT2D eigenvalue weighted by Crippen LogP contribution is 2.28. The summed E-state index contributed by atoms with van der Waals surface area (Å²) in [7, 11) is 0. The minimum absolute atomic E-state index is 0.555. The number of hydrogen-bond donors (Lipinski definition) is 0. The SMILES string of the molecule is Clc1cc(-c2cccs2)nc2c(Br)cnn12. The van der Waals surface area contributed by atoms with E-state index in [0.29, 0.717) is 5.15 Å². The molecule has 0 radical (unpaired) electrons. The van der Waals surface area contributed by atoms with E-state index in [1.807, 2.05) is 23.6 Å². The molecule has 0 saturated heterocycles. The molecule has 0 aliphatic heterocycles. The van der Waals surface area contributed by atoms with Crippen LogP contribution < -0.4 is 0 Å². The monoisotopic (exact) mass is 313 g/mol. The molecule has 6 heteroatoms. The van der Waals surface area contributed by atoms with Crippen molar-refractivity contribution in [3.8, 4) is 10.6 Å². The Morgan fingerprint density at radius 2 is 2.31 bits per heavy atom. The maximum Gasteiger partial charge on any atom is 0.171 e. The molecule has 0 aliphatic carbocycles. The summed E-state index contributed by atoms with van der Waals surface area (Å²) in [4.78, 5) is 5.61. The molecule has 3 aromatic rings. The van der Waals surface area contributed by atoms with Crippen molar-refractivity contribution in [1.82, 2.24) is 14.6 Å². The molecule has 3 heterocycles. The van der Waals surface area contributed by atoms with Gasteiger partial charge in [0, 0.05) is 6.07 Å². The van der Waals surface area contributed by atoms with Gasteiger partial charge in [0.1, 0.15) is 5.15 Å². The Bertz CT molecular complexity index is 647. The summed E-state index contributed by atoms with van der Waals surface area (Å²) in [6.45, 7) is 0. The molecule has 0 amide bonds. The van der Waals surface area contributed by atoms with Gasteiger partial charge in [0.25, 0.3) is 0 Å². The van der Waals surface area contributed by atoms with Crippen LogP contribution in [0, 0.1) is 0 Å². The fourth-order valence-corrected chi connectivity index (χ4v) is 2.71. The zero-order valence-electron chi connectivity index (χ0n) is 7.89. The average molecular weight is 315 g/mol. The summed E-state index contributed by atoms with van der Waals surface area (Å²) in [5.74, 6) is 0. The van der Waals surface area contributed by atoms with E-state index >= 15 is 0 Å². The van der Waals surface area contributed by atoms with Crippen LogP contribution in [0.5, 0.6) is 0 Å². The summed E-state index contributed by atoms with van der Waals surface area (Å²) >= 11 is 11.2. The van der Waals surface area contributed by atoms with Crippen molar-refractivity contribution in [2.75, 3.05) is 0 Å². The summed E-state index contributed by atoms with van der Waals surface area (Å²) in [6, 6.07) is 5.83. The standard InChI is InChI=1S/C10H5BrClN3S/c11-6-5-13-15-9(12)4-7(14-10(6)15)8-2-1-3-16-8/h1-5H. The molecule has 0 aliphatic rings. The Kier molecular flexibility index (Phi) is 2.46. The van der Waals surface area contributed by atoms with E-state index in [0.717, 1.165) is 20.7 Å². The van der Waals surface area contributed by atoms with E-state index < -0.39 is 0 Å². The van der Waals surface area contributed by atoms with Gasteiger partial charge in [-0.1, -0.05) is 17.7 Å². The molecule has 3 aromatic heterocycles. The summed E-state index contributed by atoms with van der Waals surface area (Å²) in [5, 5.41) is 6.69. The fourth-order valence-electron chi connectivity index (χ4n) is 1.45. The molecule has 16 heavy (non-hydrogen) atoms. The molecule has 0 saturated carbocycles. The average Bonchev–Trinajstić information content (AvgIpc) is 2.88. The molecule has 0 N–H and O–H groups in total. The Balaban J connectivity index is 2.32. The van der Waals surface area contributed by atoms with Gasteiger partial charge >= 0.3 is 0 Å². The normalized spacial score (nSPS) is 11.1. The van der Waals surface area contributed by atoms with E-state index in [1.165, 1.54) is 0 Å². The highest BCUT2D eigenvalue weighted by Gasteiger charge is 2.10. The molecule has 0 spiro atoms. The molecule has 80 valence electrons. The Morgan fingerprint density at radius 1 is 1.44 bits per heavy atom. The first-order valence-corrected chi connectivity index (χ1v) is 6.54. The van der Waals surface area contributed by atoms with Gasteiger partial charge < -0.3 is 0 Å². The molecule has 0 atom stereocenters. The minimum Gasteiger partial charge on any atom is -0.226 e. The highest BCUT2D eigenvalue weighted by atomic mass is 79.9. The Hall–Kier alpha value is -0.910. The molecule has 3 nitrogen and oxygen atoms in total. The van der Waals surface area contributed by atoms with Crippen molar-refractivity contribution in [3.63, 3.8) is 0 Å². The van der Waals surface area contributed by atoms with E-state index in [4.69, 9.17) is 11.6 Å². The summed E-state index contributed by atoms with van der Waals surface area (Å²) in [5.41, 5.74) is 1.60. The van der Waals surface area contributed by atoms with E-state index in [1.54, 1.807) is 22.0 Å². The Morgan fingerprint density at radius 3 is 3.06 bits per heavy atom. The van der Waals surface area contributed by atoms with Crippen LogP contribution in [0.15, 0.2) is 34.2 Å². The van der Waals surface area contributed by atoms with Gasteiger partial charge in [-0.05, 0) is 27.4 Å². The van der Waals surface area contributed by atoms with Crippen LogP contribution in [0.2, 0.25) is 5.15 Å². The first-order chi connectivity index (χ1) is 7.75. The number of thiophene rings is 1. The highest BCUT2D eigenvalue weighted by molar-refractivity contribution is 9.10. The maximum absolute atomic E-state index is 6.14. The van der Waals surface area contributed by atoms with Crippen LogP contribution in [-0.4, -0.2) is 14.6 Å². The first-order valence-electron chi connectivity index (χ1n) is 4.49. The van der Waals surface area contributed by atoms with Crippen LogP contribution in [0.25, 0.3) is 16.2 Å². The third-order valence-electron chi connectivity index (χ3n) is 2.16. The van der Waals surface area contributed by atoms with Crippen molar-refractivity contribution in [2.24, 2.45) is 0 Å². The van der Waals surface area contributed by atoms with E-state index in [-0.39, 0.29) is 0 Å². The second kappa shape index (κ2) is 3.84. The van der Waals surface area contributed by atoms with Crippen molar-refractivity contribution in [1.29, 1.82) is 0 Å². The lowest BCUT2D eigenvalue weighted by atomic mass is 10.3. The molecule has 0 bridgehead atoms. The van der Waals surface area contributed by atoms with Crippen LogP contribution >= 0.6 is 38.9 Å². The largest absolute Gasteiger partial charge is 0.226 e. The van der Waals surface area contributed by atoms with Crippen LogP contribution in [-0.2, 0) is 0 Å². The predicted octanol–water partition coefficient (Wildman–Crippen LogP) is 3.87. The number of halogens is 2. The molecule has 0 aromatic carbocycles. The van der Waals surface area contributed by atoms with Crippen molar-refractivity contribution >= 4 is 44.5 Å². The minimum atomic E-state index is 0.555. The Labute approximate surface area is 109 Å². The van der Waals surface area contributed by atoms with Crippen LogP contribution in [0.4, 0.5) is 0 Å². The maximum atomic E-state index is 6.14. The molecule has 0 fully saturated rings. The van der Waals surface area contributed by atoms with Crippen molar-refractivity contribution in [3.05, 3.63) is 39.4 Å². The zero-order valence-corrected chi connectivity index (χ0v) is 11.1. The van der Waals surface area contributed by atoms with Crippen LogP contribution in [0.1, 0.15) is 0 Å². The second-order valence-corrected chi connectivity index (χ2v) is 5.36. The number of rotatable bonds is 1. The van der Waals surface area contributed by atoms with Gasteiger partial charge in [0.05, 0.1) is 21.2 Å². The lowest BCUT2D eigenvalue weighted by Crippen LogP contribution is -1.93. The van der Waals surface area contributed by atoms with Gasteiger partial charge in [-0.3, -0.25) is 0 Å². The topological polar surface area (TPSA) is 30.2 Å². The lowest BCUT2D eigenvalue weighted by Gasteiger charge is -2.01. The fraction of sp³-hybridized carbons (Fsp3) is 0. The summed E-state index contributed by atoms with van der Waals surface area (Å²) in [6.07, 6.45) is 1.69. The quantitative estimate of drug-likeness (QED) is 0.638. The third-order valence-corrected chi connectivity index (χ3v) is 3.88. The van der Waals surface area contributed by atoms with Gasteiger partial charge in [0.15, 0.2) is 5.65 Å². The third kappa shape index (κ3) is 1.55. The molecular formula is C10H5BrClN3S. The molecule has 0 unspecified atom stereocenters. The molecule has 3 rings (SSSR count). The van der Waals surface area contributed by atoms with E-state index in [2.05, 4.69) is 26.0 Å². The smallest absolute Gasteiger partial charge is 0.171 e. The van der Waals surface area contributed by atoms with Gasteiger partial charge in [-0.25, -0.2) is 9.50 Å². The number of aromatic nitrogens is 3. The number of fused-ring (bicyclic) bond motifs is 1. The lowest BCUT2D eigenvalue weighted by molar-refractivity contribution is 0.942. The van der Waals surface area contributed by atoms with Gasteiger partial charge in [0.2, 0.25) is 0 Å². The number of nitrogens with zero attached hydrogens (tertiary/aromatic N) is 3. The van der Waals surface area contributed by atoms with Gasteiger partial charge in [-0.15, -0.1) is 11.3 Å². The van der Waals surface area contributed by atoms with Crippen LogP contribution in [0.3, 0.4) is 0 Å². The van der Waals surface area contributed by atoms with Crippen molar-refractivity contribution < 1.29 is 0 Å². The number of hydrogen-bond acceptors (Lipinski definition) is 3. The molecular weight excluding hydrogens is 310 g/mol. The van der Waals surface area contributed by atoms with E-state index in [9.17, 15) is 0 Å². The first kappa shape index (κ1) is 10.3. The second-order valence-electron chi connectivity index (χ2n) is 3.17. The zero-order chi connectivity index (χ0) is 11.1. The van der Waals surface area contributed by atoms with Crippen molar-refractivity contribution in [2.45, 2.75) is 0 Å².